The van der Waals surface area contributed by atoms with Gasteiger partial charge in [-0.25, -0.2) is 0 Å². The van der Waals surface area contributed by atoms with Crippen molar-refractivity contribution in [2.75, 3.05) is 62.4 Å². The summed E-state index contributed by atoms with van der Waals surface area (Å²) in [4.78, 5) is 4.70. The van der Waals surface area contributed by atoms with Gasteiger partial charge >= 0.3 is 0 Å². The Kier molecular flexibility index (Phi) is 9.09. The van der Waals surface area contributed by atoms with Crippen LogP contribution in [0, 0.1) is 0 Å². The van der Waals surface area contributed by atoms with Crippen molar-refractivity contribution in [2.45, 2.75) is 37.8 Å². The van der Waals surface area contributed by atoms with Crippen LogP contribution in [0.2, 0.25) is 0 Å². The highest BCUT2D eigenvalue weighted by atomic mass is 16.7. The van der Waals surface area contributed by atoms with Crippen LogP contribution in [-0.2, 0) is 25.7 Å². The summed E-state index contributed by atoms with van der Waals surface area (Å²) in [5, 5.41) is 11.0. The van der Waals surface area contributed by atoms with Gasteiger partial charge in [-0.15, -0.1) is 0 Å². The number of likely N-dealkylation sites (N-methyl/N-ethyl adjacent to an activating group) is 2. The van der Waals surface area contributed by atoms with E-state index in [1.807, 2.05) is 30.3 Å². The summed E-state index contributed by atoms with van der Waals surface area (Å²) in [6.07, 6.45) is 3.16. The van der Waals surface area contributed by atoms with Crippen molar-refractivity contribution in [1.29, 1.82) is 0 Å². The van der Waals surface area contributed by atoms with E-state index >= 15 is 0 Å². The van der Waals surface area contributed by atoms with Gasteiger partial charge in [0.2, 0.25) is 18.3 Å². The predicted molar refractivity (Wildman–Crippen MR) is 185 cm³/mol. The van der Waals surface area contributed by atoms with Gasteiger partial charge in [-0.3, -0.25) is 9.80 Å². The van der Waals surface area contributed by atoms with Crippen molar-refractivity contribution < 1.29 is 38.3 Å². The molecule has 0 aromatic heterocycles. The molecule has 0 aliphatic carbocycles. The topological polar surface area (TPSA) is 91.3 Å². The summed E-state index contributed by atoms with van der Waals surface area (Å²) in [5.74, 6) is 5.32. The third kappa shape index (κ3) is 6.04. The van der Waals surface area contributed by atoms with Crippen molar-refractivity contribution in [2.24, 2.45) is 0 Å². The zero-order chi connectivity index (χ0) is 34.2. The van der Waals surface area contributed by atoms with Crippen LogP contribution >= 0.6 is 0 Å². The summed E-state index contributed by atoms with van der Waals surface area (Å²) >= 11 is 0. The molecule has 1 N–H and O–H groups in total. The molecule has 0 fully saturated rings. The van der Waals surface area contributed by atoms with E-state index in [-0.39, 0.29) is 24.6 Å². The number of phenolic OH excluding ortho intramolecular Hbond substituents is 1. The molecule has 10 nitrogen and oxygen atoms in total. The molecule has 10 heteroatoms. The third-order valence-corrected chi connectivity index (χ3v) is 10.2. The number of rotatable bonds is 10. The Balaban J connectivity index is 1.11. The van der Waals surface area contributed by atoms with E-state index < -0.39 is 0 Å². The van der Waals surface area contributed by atoms with Crippen LogP contribution in [0.25, 0.3) is 0 Å². The number of phenols is 1. The number of nitrogens with zero attached hydrogens (tertiary/aromatic N) is 2. The normalized spacial score (nSPS) is 18.4. The first-order valence-electron chi connectivity index (χ1n) is 16.6. The average Bonchev–Trinajstić information content (AvgIpc) is 3.59. The maximum atomic E-state index is 11.0. The number of aromatic hydroxyl groups is 1. The molecule has 3 aliphatic heterocycles. The Hall–Kier alpha value is -4.80. The summed E-state index contributed by atoms with van der Waals surface area (Å²) in [7, 11) is 10.8. The van der Waals surface area contributed by atoms with E-state index in [1.54, 1.807) is 28.4 Å². The van der Waals surface area contributed by atoms with Crippen LogP contribution in [0.15, 0.2) is 54.6 Å². The fraction of sp³-hybridized carbons (Fsp3) is 0.385. The molecule has 2 atom stereocenters. The lowest BCUT2D eigenvalue weighted by molar-refractivity contribution is 0.171. The second-order valence-corrected chi connectivity index (χ2v) is 12.9. The minimum atomic E-state index is 0.0261. The van der Waals surface area contributed by atoms with Crippen molar-refractivity contribution in [3.63, 3.8) is 0 Å². The molecule has 258 valence electrons. The Labute approximate surface area is 287 Å². The van der Waals surface area contributed by atoms with Crippen molar-refractivity contribution >= 4 is 0 Å². The lowest BCUT2D eigenvalue weighted by Crippen LogP contribution is -2.33. The number of hydrogen-bond donors (Lipinski definition) is 1. The van der Waals surface area contributed by atoms with Gasteiger partial charge in [0.25, 0.3) is 0 Å². The molecule has 3 aliphatic rings. The number of ether oxygens (including phenoxy) is 7. The second-order valence-electron chi connectivity index (χ2n) is 12.9. The van der Waals surface area contributed by atoms with Gasteiger partial charge in [-0.1, -0.05) is 18.2 Å². The summed E-state index contributed by atoms with van der Waals surface area (Å²) in [5.41, 5.74) is 6.63. The van der Waals surface area contributed by atoms with Crippen LogP contribution < -0.4 is 33.2 Å². The van der Waals surface area contributed by atoms with Crippen molar-refractivity contribution in [1.82, 2.24) is 9.80 Å². The first-order chi connectivity index (χ1) is 23.8. The zero-order valence-electron chi connectivity index (χ0n) is 29.0. The van der Waals surface area contributed by atoms with Gasteiger partial charge in [0, 0.05) is 36.3 Å². The highest BCUT2D eigenvalue weighted by Gasteiger charge is 2.34. The predicted octanol–water partition coefficient (Wildman–Crippen LogP) is 6.49. The van der Waals surface area contributed by atoms with Crippen molar-refractivity contribution in [3.8, 4) is 51.7 Å². The van der Waals surface area contributed by atoms with Crippen LogP contribution in [-0.4, -0.2) is 77.3 Å². The Morgan fingerprint density at radius 2 is 1.31 bits per heavy atom. The first kappa shape index (κ1) is 32.7. The second kappa shape index (κ2) is 13.6. The molecule has 49 heavy (non-hydrogen) atoms. The average molecular weight is 669 g/mol. The number of benzene rings is 4. The fourth-order valence-electron chi connectivity index (χ4n) is 7.52. The Bertz CT molecular complexity index is 1840. The smallest absolute Gasteiger partial charge is 0.231 e. The zero-order valence-corrected chi connectivity index (χ0v) is 29.0. The molecule has 0 radical (unpaired) electrons. The van der Waals surface area contributed by atoms with Crippen molar-refractivity contribution in [3.05, 3.63) is 88.0 Å². The van der Waals surface area contributed by atoms with E-state index in [1.165, 1.54) is 16.7 Å². The van der Waals surface area contributed by atoms with Crippen LogP contribution in [0.5, 0.6) is 51.7 Å². The van der Waals surface area contributed by atoms with Gasteiger partial charge in [0.15, 0.2) is 34.5 Å². The molecule has 0 bridgehead atoms. The minimum absolute atomic E-state index is 0.0261. The van der Waals surface area contributed by atoms with Gasteiger partial charge in [0.05, 0.1) is 28.4 Å². The van der Waals surface area contributed by atoms with E-state index in [0.29, 0.717) is 35.2 Å². The maximum absolute atomic E-state index is 11.0. The van der Waals surface area contributed by atoms with Gasteiger partial charge in [-0.05, 0) is 98.4 Å². The molecule has 0 saturated carbocycles. The summed E-state index contributed by atoms with van der Waals surface area (Å²) < 4.78 is 40.5. The fourth-order valence-corrected chi connectivity index (χ4v) is 7.52. The monoisotopic (exact) mass is 668 g/mol. The summed E-state index contributed by atoms with van der Waals surface area (Å²) in [6, 6.07) is 18.6. The molecular formula is C39H44N2O8. The van der Waals surface area contributed by atoms with E-state index in [2.05, 4.69) is 48.2 Å². The lowest BCUT2D eigenvalue weighted by Gasteiger charge is -2.36. The van der Waals surface area contributed by atoms with Crippen LogP contribution in [0.4, 0.5) is 0 Å². The molecule has 0 spiro atoms. The summed E-state index contributed by atoms with van der Waals surface area (Å²) in [6.45, 7) is 1.95. The standard InChI is InChI=1S/C39H44N2O8/c1-40-15-13-26-28(20-34(44-4)38(46-6)36(26)42)31(40)18-24-9-12-32(43-3)33(19-24)49-25-10-7-23(8-11-25)17-30-29-21-35-39(48-22-47-35)37(45-5)27(29)14-16-41(30)2/h7-12,19-21,30-31,42H,13-18,22H2,1-6H3/t30-,31-/m1/s1. The highest BCUT2D eigenvalue weighted by Crippen LogP contribution is 2.50. The number of fused-ring (bicyclic) bond motifs is 3. The highest BCUT2D eigenvalue weighted by molar-refractivity contribution is 5.62. The first-order valence-corrected chi connectivity index (χ1v) is 16.6. The molecular weight excluding hydrogens is 624 g/mol. The largest absolute Gasteiger partial charge is 0.504 e. The van der Waals surface area contributed by atoms with E-state index in [4.69, 9.17) is 33.2 Å². The molecule has 4 aromatic carbocycles. The van der Waals surface area contributed by atoms with Crippen LogP contribution in [0.1, 0.15) is 45.5 Å². The lowest BCUT2D eigenvalue weighted by atomic mass is 9.87. The SMILES string of the molecule is COc1ccc(C[C@@H]2c3cc(OC)c(OC)c(O)c3CCN2C)cc1Oc1ccc(C[C@@H]2c3cc4c(c(OC)c3CCN2C)OCO4)cc1. The molecule has 0 saturated heterocycles. The Morgan fingerprint density at radius 1 is 0.673 bits per heavy atom. The number of methoxy groups -OCH3 is 4. The quantitative estimate of drug-likeness (QED) is 0.202. The maximum Gasteiger partial charge on any atom is 0.231 e. The van der Waals surface area contributed by atoms with Gasteiger partial charge < -0.3 is 38.3 Å². The van der Waals surface area contributed by atoms with Crippen LogP contribution in [0.3, 0.4) is 0 Å². The molecule has 0 amide bonds. The van der Waals surface area contributed by atoms with E-state index in [0.717, 1.165) is 66.3 Å². The molecule has 3 heterocycles. The molecule has 0 unspecified atom stereocenters. The van der Waals surface area contributed by atoms with Gasteiger partial charge in [-0.2, -0.15) is 0 Å². The van der Waals surface area contributed by atoms with E-state index in [9.17, 15) is 5.11 Å². The molecule has 7 rings (SSSR count). The molecule has 4 aromatic rings. The number of hydrogen-bond acceptors (Lipinski definition) is 10. The Morgan fingerprint density at radius 3 is 1.98 bits per heavy atom. The third-order valence-electron chi connectivity index (χ3n) is 10.2. The minimum Gasteiger partial charge on any atom is -0.504 e. The van der Waals surface area contributed by atoms with Gasteiger partial charge in [0.1, 0.15) is 5.75 Å².